The predicted octanol–water partition coefficient (Wildman–Crippen LogP) is 1.70. The Morgan fingerprint density at radius 1 is 1.38 bits per heavy atom. The molecule has 0 N–H and O–H groups in total. The predicted molar refractivity (Wildman–Crippen MR) is 75.5 cm³/mol. The number of sulfonamides is 1. The minimum absolute atomic E-state index is 0.148. The molecule has 1 aliphatic heterocycles. The van der Waals surface area contributed by atoms with Gasteiger partial charge >= 0.3 is 0 Å². The first-order valence-corrected chi connectivity index (χ1v) is 8.04. The van der Waals surface area contributed by atoms with Gasteiger partial charge in [-0.05, 0) is 49.9 Å². The third kappa shape index (κ3) is 3.03. The van der Waals surface area contributed by atoms with Gasteiger partial charge in [0.2, 0.25) is 16.1 Å². The molecule has 7 heteroatoms. The van der Waals surface area contributed by atoms with Crippen molar-refractivity contribution in [1.29, 1.82) is 5.26 Å². The Kier molecular flexibility index (Phi) is 4.53. The maximum atomic E-state index is 12.7. The molecule has 0 amide bonds. The molecule has 1 aromatic rings. The van der Waals surface area contributed by atoms with E-state index in [2.05, 4.69) is 4.99 Å². The lowest BCUT2D eigenvalue weighted by Gasteiger charge is -2.31. The number of carbonyl (C=O) groups excluding carboxylic acids is 1. The Hall–Kier alpha value is -2.00. The van der Waals surface area contributed by atoms with E-state index in [1.165, 1.54) is 28.6 Å². The molecule has 0 aliphatic carbocycles. The van der Waals surface area contributed by atoms with Gasteiger partial charge in [0.05, 0.1) is 16.5 Å². The SMILES string of the molecule is Cc1cc(C#N)ccc1S(=O)(=O)N1CCCCC1N=C=O. The number of piperidine rings is 1. The van der Waals surface area contributed by atoms with Gasteiger partial charge in [0.15, 0.2) is 0 Å². The second kappa shape index (κ2) is 6.19. The zero-order chi connectivity index (χ0) is 15.5. The van der Waals surface area contributed by atoms with Gasteiger partial charge in [0.25, 0.3) is 0 Å². The summed E-state index contributed by atoms with van der Waals surface area (Å²) in [6.07, 6.45) is 2.85. The van der Waals surface area contributed by atoms with Crippen molar-refractivity contribution in [2.45, 2.75) is 37.2 Å². The van der Waals surface area contributed by atoms with Crippen molar-refractivity contribution >= 4 is 16.1 Å². The Morgan fingerprint density at radius 3 is 2.76 bits per heavy atom. The Balaban J connectivity index is 2.45. The van der Waals surface area contributed by atoms with Crippen LogP contribution in [0.5, 0.6) is 0 Å². The molecule has 1 fully saturated rings. The molecular formula is C14H15N3O3S. The molecule has 21 heavy (non-hydrogen) atoms. The number of aliphatic imine (C=N–C) groups is 1. The number of nitriles is 1. The zero-order valence-electron chi connectivity index (χ0n) is 11.6. The van der Waals surface area contributed by atoms with Gasteiger partial charge in [-0.25, -0.2) is 13.2 Å². The van der Waals surface area contributed by atoms with Crippen LogP contribution in [0, 0.1) is 18.3 Å². The van der Waals surface area contributed by atoms with Crippen molar-refractivity contribution in [1.82, 2.24) is 4.31 Å². The lowest BCUT2D eigenvalue weighted by Crippen LogP contribution is -2.42. The van der Waals surface area contributed by atoms with Crippen molar-refractivity contribution in [3.63, 3.8) is 0 Å². The summed E-state index contributed by atoms with van der Waals surface area (Å²) in [6.45, 7) is 1.98. The van der Waals surface area contributed by atoms with Gasteiger partial charge in [0, 0.05) is 6.54 Å². The standard InChI is InChI=1S/C14H15N3O3S/c1-11-8-12(9-15)5-6-13(11)21(19,20)17-7-3-2-4-14(17)16-10-18/h5-6,8,14H,2-4,7H2,1H3. The summed E-state index contributed by atoms with van der Waals surface area (Å²) in [7, 11) is -3.74. The highest BCUT2D eigenvalue weighted by atomic mass is 32.2. The van der Waals surface area contributed by atoms with E-state index in [1.54, 1.807) is 6.92 Å². The quantitative estimate of drug-likeness (QED) is 0.628. The first kappa shape index (κ1) is 15.4. The van der Waals surface area contributed by atoms with E-state index in [0.717, 1.165) is 12.8 Å². The monoisotopic (exact) mass is 305 g/mol. The van der Waals surface area contributed by atoms with E-state index in [1.807, 2.05) is 6.07 Å². The summed E-state index contributed by atoms with van der Waals surface area (Å²) >= 11 is 0. The first-order valence-electron chi connectivity index (χ1n) is 6.60. The average molecular weight is 305 g/mol. The summed E-state index contributed by atoms with van der Waals surface area (Å²) in [5, 5.41) is 8.85. The number of isocyanates is 1. The van der Waals surface area contributed by atoms with E-state index in [0.29, 0.717) is 24.1 Å². The Morgan fingerprint density at radius 2 is 2.14 bits per heavy atom. The molecule has 1 aromatic carbocycles. The Bertz CT molecular complexity index is 730. The van der Waals surface area contributed by atoms with Crippen LogP contribution in [-0.4, -0.2) is 31.5 Å². The van der Waals surface area contributed by atoms with E-state index < -0.39 is 16.2 Å². The summed E-state index contributed by atoms with van der Waals surface area (Å²) in [6, 6.07) is 6.42. The average Bonchev–Trinajstić information content (AvgIpc) is 2.47. The maximum absolute atomic E-state index is 12.7. The molecule has 1 saturated heterocycles. The number of aryl methyl sites for hydroxylation is 1. The second-order valence-electron chi connectivity index (χ2n) is 4.90. The number of nitrogens with zero attached hydrogens (tertiary/aromatic N) is 3. The van der Waals surface area contributed by atoms with Crippen LogP contribution in [0.25, 0.3) is 0 Å². The molecule has 0 aromatic heterocycles. The minimum Gasteiger partial charge on any atom is -0.211 e. The first-order chi connectivity index (χ1) is 10.0. The van der Waals surface area contributed by atoms with Crippen molar-refractivity contribution in [3.05, 3.63) is 29.3 Å². The second-order valence-corrected chi connectivity index (χ2v) is 6.76. The van der Waals surface area contributed by atoms with Gasteiger partial charge in [-0.2, -0.15) is 14.6 Å². The summed E-state index contributed by atoms with van der Waals surface area (Å²) in [4.78, 5) is 14.2. The molecule has 110 valence electrons. The molecule has 1 heterocycles. The highest BCUT2D eigenvalue weighted by Crippen LogP contribution is 2.27. The molecule has 1 aliphatic rings. The number of hydrogen-bond acceptors (Lipinski definition) is 5. The zero-order valence-corrected chi connectivity index (χ0v) is 12.4. The van der Waals surface area contributed by atoms with Crippen LogP contribution in [0.15, 0.2) is 28.1 Å². The molecule has 6 nitrogen and oxygen atoms in total. The smallest absolute Gasteiger partial charge is 0.211 e. The van der Waals surface area contributed by atoms with Crippen LogP contribution in [0.2, 0.25) is 0 Å². The maximum Gasteiger partial charge on any atom is 0.245 e. The third-order valence-corrected chi connectivity index (χ3v) is 5.57. The summed E-state index contributed by atoms with van der Waals surface area (Å²) in [5.74, 6) is 0. The third-order valence-electron chi connectivity index (χ3n) is 3.52. The lowest BCUT2D eigenvalue weighted by atomic mass is 10.1. The van der Waals surface area contributed by atoms with Gasteiger partial charge in [0.1, 0.15) is 6.17 Å². The normalized spacial score (nSPS) is 19.5. The van der Waals surface area contributed by atoms with Gasteiger partial charge in [-0.15, -0.1) is 0 Å². The molecule has 0 spiro atoms. The summed E-state index contributed by atoms with van der Waals surface area (Å²) in [5.41, 5.74) is 0.918. The van der Waals surface area contributed by atoms with Crippen LogP contribution in [-0.2, 0) is 14.8 Å². The van der Waals surface area contributed by atoms with E-state index in [9.17, 15) is 13.2 Å². The fourth-order valence-electron chi connectivity index (χ4n) is 2.49. The van der Waals surface area contributed by atoms with Gasteiger partial charge < -0.3 is 0 Å². The molecule has 0 saturated carbocycles. The lowest BCUT2D eigenvalue weighted by molar-refractivity contribution is 0.259. The number of benzene rings is 1. The number of hydrogen-bond donors (Lipinski definition) is 0. The van der Waals surface area contributed by atoms with E-state index >= 15 is 0 Å². The van der Waals surface area contributed by atoms with Crippen molar-refractivity contribution in [2.75, 3.05) is 6.54 Å². The van der Waals surface area contributed by atoms with E-state index in [4.69, 9.17) is 5.26 Å². The van der Waals surface area contributed by atoms with E-state index in [-0.39, 0.29) is 4.90 Å². The fraction of sp³-hybridized carbons (Fsp3) is 0.429. The highest BCUT2D eigenvalue weighted by Gasteiger charge is 2.34. The minimum atomic E-state index is -3.74. The molecular weight excluding hydrogens is 290 g/mol. The Labute approximate surface area is 123 Å². The van der Waals surface area contributed by atoms with Crippen molar-refractivity contribution in [3.8, 4) is 6.07 Å². The molecule has 0 bridgehead atoms. The van der Waals surface area contributed by atoms with Crippen LogP contribution in [0.1, 0.15) is 30.4 Å². The van der Waals surface area contributed by atoms with Crippen LogP contribution in [0.3, 0.4) is 0 Å². The van der Waals surface area contributed by atoms with Gasteiger partial charge in [-0.3, -0.25) is 0 Å². The van der Waals surface area contributed by atoms with Crippen molar-refractivity contribution < 1.29 is 13.2 Å². The van der Waals surface area contributed by atoms with Crippen LogP contribution >= 0.6 is 0 Å². The van der Waals surface area contributed by atoms with Crippen LogP contribution in [0.4, 0.5) is 0 Å². The number of rotatable bonds is 3. The molecule has 2 rings (SSSR count). The molecule has 0 radical (unpaired) electrons. The van der Waals surface area contributed by atoms with Crippen LogP contribution < -0.4 is 0 Å². The van der Waals surface area contributed by atoms with Crippen molar-refractivity contribution in [2.24, 2.45) is 4.99 Å². The largest absolute Gasteiger partial charge is 0.245 e. The molecule has 1 atom stereocenters. The molecule has 1 unspecified atom stereocenters. The fourth-order valence-corrected chi connectivity index (χ4v) is 4.29. The topological polar surface area (TPSA) is 90.6 Å². The van der Waals surface area contributed by atoms with Gasteiger partial charge in [-0.1, -0.05) is 0 Å². The highest BCUT2D eigenvalue weighted by molar-refractivity contribution is 7.89. The summed E-state index contributed by atoms with van der Waals surface area (Å²) < 4.78 is 26.7.